The summed E-state index contributed by atoms with van der Waals surface area (Å²) in [6, 6.07) is 0.524. The normalized spacial score (nSPS) is 21.1. The number of amides is 1. The van der Waals surface area contributed by atoms with E-state index in [1.165, 1.54) is 0 Å². The zero-order valence-electron chi connectivity index (χ0n) is 12.7. The molecule has 0 aliphatic carbocycles. The topological polar surface area (TPSA) is 53.6 Å². The molecule has 0 radical (unpaired) electrons. The summed E-state index contributed by atoms with van der Waals surface area (Å²) in [6.07, 6.45) is 2.33. The molecule has 0 spiro atoms. The van der Waals surface area contributed by atoms with Crippen LogP contribution in [-0.4, -0.2) is 63.3 Å². The standard InChI is InChI=1S/C14H29N3O2/c1-11(15-3)13-5-8-17(9-6-13)12(2)14(18)16-7-10-19-4/h11-13,15H,5-10H2,1-4H3,(H,16,18). The minimum Gasteiger partial charge on any atom is -0.383 e. The van der Waals surface area contributed by atoms with Crippen LogP contribution >= 0.6 is 0 Å². The van der Waals surface area contributed by atoms with Crippen molar-refractivity contribution in [2.24, 2.45) is 5.92 Å². The van der Waals surface area contributed by atoms with E-state index in [1.54, 1.807) is 7.11 Å². The third-order valence-electron chi connectivity index (χ3n) is 4.27. The van der Waals surface area contributed by atoms with Gasteiger partial charge >= 0.3 is 0 Å². The van der Waals surface area contributed by atoms with Crippen LogP contribution in [0.2, 0.25) is 0 Å². The van der Waals surface area contributed by atoms with Gasteiger partial charge in [0.25, 0.3) is 0 Å². The minimum absolute atomic E-state index is 0.0392. The van der Waals surface area contributed by atoms with E-state index < -0.39 is 0 Å². The number of nitrogens with zero attached hydrogens (tertiary/aromatic N) is 1. The zero-order chi connectivity index (χ0) is 14.3. The van der Waals surface area contributed by atoms with E-state index in [1.807, 2.05) is 14.0 Å². The Morgan fingerprint density at radius 2 is 2.00 bits per heavy atom. The van der Waals surface area contributed by atoms with Gasteiger partial charge in [-0.15, -0.1) is 0 Å². The van der Waals surface area contributed by atoms with Gasteiger partial charge in [0, 0.05) is 19.7 Å². The summed E-state index contributed by atoms with van der Waals surface area (Å²) in [7, 11) is 3.66. The van der Waals surface area contributed by atoms with Crippen molar-refractivity contribution in [2.45, 2.75) is 38.8 Å². The fourth-order valence-corrected chi connectivity index (χ4v) is 2.63. The van der Waals surface area contributed by atoms with Crippen molar-refractivity contribution < 1.29 is 9.53 Å². The Balaban J connectivity index is 2.31. The van der Waals surface area contributed by atoms with Crippen molar-refractivity contribution in [1.82, 2.24) is 15.5 Å². The summed E-state index contributed by atoms with van der Waals surface area (Å²) in [5, 5.41) is 6.23. The highest BCUT2D eigenvalue weighted by molar-refractivity contribution is 5.81. The Kier molecular flexibility index (Phi) is 7.34. The molecule has 0 aromatic rings. The lowest BCUT2D eigenvalue weighted by atomic mass is 9.90. The molecule has 1 saturated heterocycles. The Labute approximate surface area is 117 Å². The summed E-state index contributed by atoms with van der Waals surface area (Å²) < 4.78 is 4.93. The predicted octanol–water partition coefficient (Wildman–Crippen LogP) is 0.457. The molecule has 112 valence electrons. The molecule has 1 amide bonds. The van der Waals surface area contributed by atoms with Crippen LogP contribution in [0.15, 0.2) is 0 Å². The molecule has 0 saturated carbocycles. The van der Waals surface area contributed by atoms with Crippen molar-refractivity contribution in [3.63, 3.8) is 0 Å². The van der Waals surface area contributed by atoms with E-state index in [9.17, 15) is 4.79 Å². The second-order valence-electron chi connectivity index (χ2n) is 5.41. The fourth-order valence-electron chi connectivity index (χ4n) is 2.63. The quantitative estimate of drug-likeness (QED) is 0.661. The Morgan fingerprint density at radius 1 is 1.37 bits per heavy atom. The molecule has 0 bridgehead atoms. The highest BCUT2D eigenvalue weighted by atomic mass is 16.5. The predicted molar refractivity (Wildman–Crippen MR) is 77.2 cm³/mol. The lowest BCUT2D eigenvalue weighted by Gasteiger charge is -2.37. The maximum atomic E-state index is 12.0. The second kappa shape index (κ2) is 8.51. The van der Waals surface area contributed by atoms with Crippen molar-refractivity contribution in [2.75, 3.05) is 40.4 Å². The Morgan fingerprint density at radius 3 is 2.53 bits per heavy atom. The van der Waals surface area contributed by atoms with Gasteiger partial charge in [-0.3, -0.25) is 9.69 Å². The van der Waals surface area contributed by atoms with Gasteiger partial charge in [0.05, 0.1) is 12.6 Å². The van der Waals surface area contributed by atoms with Crippen LogP contribution in [0.5, 0.6) is 0 Å². The summed E-state index contributed by atoms with van der Waals surface area (Å²) in [5.74, 6) is 0.835. The zero-order valence-corrected chi connectivity index (χ0v) is 12.7. The van der Waals surface area contributed by atoms with E-state index in [2.05, 4.69) is 22.5 Å². The van der Waals surface area contributed by atoms with Crippen LogP contribution in [0, 0.1) is 5.92 Å². The summed E-state index contributed by atoms with van der Waals surface area (Å²) in [5.41, 5.74) is 0. The minimum atomic E-state index is -0.0392. The van der Waals surface area contributed by atoms with E-state index in [0.717, 1.165) is 31.8 Å². The number of carbonyl (C=O) groups excluding carboxylic acids is 1. The van der Waals surface area contributed by atoms with Crippen molar-refractivity contribution in [1.29, 1.82) is 0 Å². The highest BCUT2D eigenvalue weighted by Crippen LogP contribution is 2.21. The van der Waals surface area contributed by atoms with E-state index in [4.69, 9.17) is 4.74 Å². The van der Waals surface area contributed by atoms with Crippen LogP contribution in [-0.2, 0) is 9.53 Å². The van der Waals surface area contributed by atoms with Gasteiger partial charge in [-0.1, -0.05) is 0 Å². The molecule has 2 N–H and O–H groups in total. The maximum Gasteiger partial charge on any atom is 0.237 e. The van der Waals surface area contributed by atoms with Crippen molar-refractivity contribution in [3.05, 3.63) is 0 Å². The molecule has 0 aromatic carbocycles. The largest absolute Gasteiger partial charge is 0.383 e. The smallest absolute Gasteiger partial charge is 0.237 e. The van der Waals surface area contributed by atoms with Gasteiger partial charge in [-0.25, -0.2) is 0 Å². The number of ether oxygens (including phenoxy) is 1. The first kappa shape index (κ1) is 16.4. The third kappa shape index (κ3) is 5.09. The van der Waals surface area contributed by atoms with Gasteiger partial charge < -0.3 is 15.4 Å². The summed E-state index contributed by atoms with van der Waals surface area (Å²) >= 11 is 0. The first-order chi connectivity index (χ1) is 9.10. The molecule has 1 heterocycles. The number of hydrogen-bond acceptors (Lipinski definition) is 4. The van der Waals surface area contributed by atoms with E-state index >= 15 is 0 Å². The number of piperidine rings is 1. The van der Waals surface area contributed by atoms with Crippen LogP contribution in [0.4, 0.5) is 0 Å². The average molecular weight is 271 g/mol. The van der Waals surface area contributed by atoms with Crippen molar-refractivity contribution >= 4 is 5.91 Å². The molecular weight excluding hydrogens is 242 g/mol. The number of likely N-dealkylation sites (tertiary alicyclic amines) is 1. The van der Waals surface area contributed by atoms with Crippen LogP contribution < -0.4 is 10.6 Å². The van der Waals surface area contributed by atoms with Gasteiger partial charge in [0.15, 0.2) is 0 Å². The van der Waals surface area contributed by atoms with Gasteiger partial charge in [0.2, 0.25) is 5.91 Å². The molecule has 2 atom stereocenters. The fraction of sp³-hybridized carbons (Fsp3) is 0.929. The molecule has 19 heavy (non-hydrogen) atoms. The average Bonchev–Trinajstić information content (AvgIpc) is 2.46. The monoisotopic (exact) mass is 271 g/mol. The summed E-state index contributed by atoms with van der Waals surface area (Å²) in [4.78, 5) is 14.2. The third-order valence-corrected chi connectivity index (χ3v) is 4.27. The SMILES string of the molecule is CNC(C)C1CCN(C(C)C(=O)NCCOC)CC1. The molecule has 1 aliphatic heterocycles. The highest BCUT2D eigenvalue weighted by Gasteiger charge is 2.28. The van der Waals surface area contributed by atoms with Gasteiger partial charge in [0.1, 0.15) is 0 Å². The van der Waals surface area contributed by atoms with E-state index in [0.29, 0.717) is 19.2 Å². The second-order valence-corrected chi connectivity index (χ2v) is 5.41. The van der Waals surface area contributed by atoms with Crippen LogP contribution in [0.3, 0.4) is 0 Å². The molecular formula is C14H29N3O2. The molecule has 1 rings (SSSR count). The van der Waals surface area contributed by atoms with Crippen molar-refractivity contribution in [3.8, 4) is 0 Å². The first-order valence-corrected chi connectivity index (χ1v) is 7.28. The molecule has 5 nitrogen and oxygen atoms in total. The molecule has 1 fully saturated rings. The Bertz CT molecular complexity index is 265. The maximum absolute atomic E-state index is 12.0. The molecule has 0 aromatic heterocycles. The summed E-state index contributed by atoms with van der Waals surface area (Å²) in [6.45, 7) is 7.41. The number of rotatable bonds is 7. The van der Waals surface area contributed by atoms with E-state index in [-0.39, 0.29) is 11.9 Å². The van der Waals surface area contributed by atoms with Gasteiger partial charge in [-0.2, -0.15) is 0 Å². The molecule has 5 heteroatoms. The Hall–Kier alpha value is -0.650. The van der Waals surface area contributed by atoms with Crippen LogP contribution in [0.1, 0.15) is 26.7 Å². The lowest BCUT2D eigenvalue weighted by Crippen LogP contribution is -2.50. The lowest BCUT2D eigenvalue weighted by molar-refractivity contribution is -0.126. The van der Waals surface area contributed by atoms with Crippen LogP contribution in [0.25, 0.3) is 0 Å². The molecule has 1 aliphatic rings. The number of methoxy groups -OCH3 is 1. The number of carbonyl (C=O) groups is 1. The number of hydrogen-bond donors (Lipinski definition) is 2. The molecule has 2 unspecified atom stereocenters. The number of nitrogens with one attached hydrogen (secondary N) is 2. The first-order valence-electron chi connectivity index (χ1n) is 7.28. The van der Waals surface area contributed by atoms with Gasteiger partial charge in [-0.05, 0) is 52.7 Å².